The minimum absolute atomic E-state index is 0.0578. The fourth-order valence-electron chi connectivity index (χ4n) is 1.90. The van der Waals surface area contributed by atoms with E-state index >= 15 is 0 Å². The number of pyridine rings is 1. The number of aromatic nitrogens is 1. The standard InChI is InChI=1S/C14H14F3NO2/c1-20-13-5-2-9-8-10(3-4-11(9)18-13)14(17,19)7-6-12(15)16/h2-5,8,12,19H,6-7H2,1H3. The van der Waals surface area contributed by atoms with Gasteiger partial charge in [0.15, 0.2) is 0 Å². The van der Waals surface area contributed by atoms with Crippen LogP contribution in [0.25, 0.3) is 10.9 Å². The van der Waals surface area contributed by atoms with Crippen molar-refractivity contribution in [3.63, 3.8) is 0 Å². The molecule has 0 aliphatic rings. The molecular formula is C14H14F3NO2. The molecule has 2 aromatic rings. The van der Waals surface area contributed by atoms with E-state index in [1.807, 2.05) is 0 Å². The number of alkyl halides is 3. The number of fused-ring (bicyclic) bond motifs is 1. The molecule has 6 heteroatoms. The normalized spacial score (nSPS) is 14.5. The van der Waals surface area contributed by atoms with Gasteiger partial charge in [-0.2, -0.15) is 0 Å². The molecule has 2 rings (SSSR count). The molecule has 0 spiro atoms. The number of methoxy groups -OCH3 is 1. The molecule has 0 saturated heterocycles. The molecule has 0 radical (unpaired) electrons. The van der Waals surface area contributed by atoms with Crippen molar-refractivity contribution in [2.45, 2.75) is 25.1 Å². The number of rotatable bonds is 5. The molecule has 0 fully saturated rings. The first-order chi connectivity index (χ1) is 9.42. The molecule has 108 valence electrons. The number of halogens is 3. The van der Waals surface area contributed by atoms with E-state index < -0.39 is 25.1 Å². The van der Waals surface area contributed by atoms with Gasteiger partial charge in [-0.1, -0.05) is 6.07 Å². The fraction of sp³-hybridized carbons (Fsp3) is 0.357. The van der Waals surface area contributed by atoms with Crippen molar-refractivity contribution in [3.05, 3.63) is 35.9 Å². The quantitative estimate of drug-likeness (QED) is 0.915. The first kappa shape index (κ1) is 14.6. The number of hydrogen-bond acceptors (Lipinski definition) is 3. The second-order valence-electron chi connectivity index (χ2n) is 4.45. The molecule has 0 amide bonds. The monoisotopic (exact) mass is 285 g/mol. The van der Waals surface area contributed by atoms with Crippen molar-refractivity contribution < 1.29 is 23.0 Å². The Balaban J connectivity index is 2.31. The highest BCUT2D eigenvalue weighted by Crippen LogP contribution is 2.31. The van der Waals surface area contributed by atoms with Gasteiger partial charge in [-0.05, 0) is 18.2 Å². The molecule has 0 aliphatic carbocycles. The highest BCUT2D eigenvalue weighted by Gasteiger charge is 2.29. The van der Waals surface area contributed by atoms with Gasteiger partial charge in [0, 0.05) is 29.9 Å². The molecule has 1 aromatic carbocycles. The van der Waals surface area contributed by atoms with E-state index in [9.17, 15) is 18.3 Å². The van der Waals surface area contributed by atoms with Crippen LogP contribution >= 0.6 is 0 Å². The Bertz CT molecular complexity index is 602. The second-order valence-corrected chi connectivity index (χ2v) is 4.45. The Morgan fingerprint density at radius 1 is 1.30 bits per heavy atom. The van der Waals surface area contributed by atoms with Crippen LogP contribution in [-0.4, -0.2) is 23.6 Å². The number of aliphatic hydroxyl groups is 1. The van der Waals surface area contributed by atoms with Crippen LogP contribution < -0.4 is 4.74 Å². The van der Waals surface area contributed by atoms with Crippen LogP contribution in [0.5, 0.6) is 5.88 Å². The molecule has 0 aliphatic heterocycles. The number of nitrogens with zero attached hydrogens (tertiary/aromatic N) is 1. The van der Waals surface area contributed by atoms with E-state index in [0.29, 0.717) is 16.8 Å². The van der Waals surface area contributed by atoms with Crippen molar-refractivity contribution in [1.29, 1.82) is 0 Å². The summed E-state index contributed by atoms with van der Waals surface area (Å²) in [6.45, 7) is 0. The second kappa shape index (κ2) is 5.66. The summed E-state index contributed by atoms with van der Waals surface area (Å²) >= 11 is 0. The lowest BCUT2D eigenvalue weighted by atomic mass is 10.0. The first-order valence-corrected chi connectivity index (χ1v) is 6.07. The number of ether oxygens (including phenoxy) is 1. The zero-order chi connectivity index (χ0) is 14.8. The predicted octanol–water partition coefficient (Wildman–Crippen LogP) is 3.40. The third kappa shape index (κ3) is 3.19. The summed E-state index contributed by atoms with van der Waals surface area (Å²) in [7, 11) is 1.48. The zero-order valence-electron chi connectivity index (χ0n) is 10.8. The van der Waals surface area contributed by atoms with E-state index in [4.69, 9.17) is 4.74 Å². The van der Waals surface area contributed by atoms with Gasteiger partial charge in [0.25, 0.3) is 0 Å². The van der Waals surface area contributed by atoms with Crippen LogP contribution in [0, 0.1) is 0 Å². The van der Waals surface area contributed by atoms with Gasteiger partial charge in [0.05, 0.1) is 12.6 Å². The molecule has 1 atom stereocenters. The molecule has 0 bridgehead atoms. The molecular weight excluding hydrogens is 271 g/mol. The van der Waals surface area contributed by atoms with Crippen LogP contribution in [0.1, 0.15) is 18.4 Å². The molecule has 0 saturated carbocycles. The maximum Gasteiger partial charge on any atom is 0.238 e. The van der Waals surface area contributed by atoms with E-state index in [0.717, 1.165) is 0 Å². The average Bonchev–Trinajstić information content (AvgIpc) is 2.44. The maximum atomic E-state index is 14.0. The van der Waals surface area contributed by atoms with Gasteiger partial charge in [-0.15, -0.1) is 0 Å². The van der Waals surface area contributed by atoms with E-state index in [1.54, 1.807) is 12.1 Å². The Hall–Kier alpha value is -1.82. The summed E-state index contributed by atoms with van der Waals surface area (Å²) in [5.74, 6) is -2.36. The van der Waals surface area contributed by atoms with Crippen LogP contribution in [-0.2, 0) is 5.85 Å². The van der Waals surface area contributed by atoms with E-state index in [-0.39, 0.29) is 5.56 Å². The van der Waals surface area contributed by atoms with Crippen molar-refractivity contribution in [3.8, 4) is 5.88 Å². The minimum atomic E-state index is -2.77. The van der Waals surface area contributed by atoms with Crippen molar-refractivity contribution in [2.75, 3.05) is 7.11 Å². The van der Waals surface area contributed by atoms with Crippen molar-refractivity contribution in [1.82, 2.24) is 4.98 Å². The summed E-state index contributed by atoms with van der Waals surface area (Å²) in [6, 6.07) is 7.50. The van der Waals surface area contributed by atoms with Crippen LogP contribution in [0.15, 0.2) is 30.3 Å². The first-order valence-electron chi connectivity index (χ1n) is 6.07. The van der Waals surface area contributed by atoms with Gasteiger partial charge in [-0.3, -0.25) is 0 Å². The minimum Gasteiger partial charge on any atom is -0.481 e. The summed E-state index contributed by atoms with van der Waals surface area (Å²) in [5, 5.41) is 10.2. The summed E-state index contributed by atoms with van der Waals surface area (Å²) in [4.78, 5) is 4.14. The van der Waals surface area contributed by atoms with Gasteiger partial charge in [0.1, 0.15) is 0 Å². The third-order valence-electron chi connectivity index (χ3n) is 3.01. The van der Waals surface area contributed by atoms with Gasteiger partial charge in [-0.25, -0.2) is 18.2 Å². The lowest BCUT2D eigenvalue weighted by molar-refractivity contribution is -0.110. The smallest absolute Gasteiger partial charge is 0.238 e. The van der Waals surface area contributed by atoms with Gasteiger partial charge in [0.2, 0.25) is 18.2 Å². The lowest BCUT2D eigenvalue weighted by Crippen LogP contribution is -2.20. The SMILES string of the molecule is COc1ccc2cc(C(O)(F)CCC(F)F)ccc2n1. The summed E-state index contributed by atoms with van der Waals surface area (Å²) < 4.78 is 43.2. The molecule has 1 heterocycles. The van der Waals surface area contributed by atoms with Gasteiger partial charge < -0.3 is 9.84 Å². The highest BCUT2D eigenvalue weighted by molar-refractivity contribution is 5.80. The van der Waals surface area contributed by atoms with Gasteiger partial charge >= 0.3 is 0 Å². The topological polar surface area (TPSA) is 42.4 Å². The molecule has 20 heavy (non-hydrogen) atoms. The maximum absolute atomic E-state index is 14.0. The Morgan fingerprint density at radius 3 is 2.70 bits per heavy atom. The molecule has 1 N–H and O–H groups in total. The Morgan fingerprint density at radius 2 is 2.05 bits per heavy atom. The molecule has 1 aromatic heterocycles. The Labute approximate surface area is 114 Å². The lowest BCUT2D eigenvalue weighted by Gasteiger charge is -2.19. The van der Waals surface area contributed by atoms with Crippen LogP contribution in [0.3, 0.4) is 0 Å². The largest absolute Gasteiger partial charge is 0.481 e. The summed E-state index contributed by atoms with van der Waals surface area (Å²) in [6.07, 6.45) is -4.00. The molecule has 1 unspecified atom stereocenters. The third-order valence-corrected chi connectivity index (χ3v) is 3.01. The number of benzene rings is 1. The zero-order valence-corrected chi connectivity index (χ0v) is 10.8. The van der Waals surface area contributed by atoms with Crippen LogP contribution in [0.4, 0.5) is 13.2 Å². The highest BCUT2D eigenvalue weighted by atomic mass is 19.3. The van der Waals surface area contributed by atoms with Crippen molar-refractivity contribution in [2.24, 2.45) is 0 Å². The van der Waals surface area contributed by atoms with E-state index in [2.05, 4.69) is 4.98 Å². The number of hydrogen-bond donors (Lipinski definition) is 1. The Kier molecular flexibility index (Phi) is 4.13. The fourth-order valence-corrected chi connectivity index (χ4v) is 1.90. The van der Waals surface area contributed by atoms with Crippen LogP contribution in [0.2, 0.25) is 0 Å². The van der Waals surface area contributed by atoms with Crippen molar-refractivity contribution >= 4 is 10.9 Å². The summed E-state index contributed by atoms with van der Waals surface area (Å²) in [5.41, 5.74) is 0.510. The molecule has 3 nitrogen and oxygen atoms in total. The van der Waals surface area contributed by atoms with E-state index in [1.165, 1.54) is 25.3 Å². The predicted molar refractivity (Wildman–Crippen MR) is 68.5 cm³/mol. The average molecular weight is 285 g/mol.